The highest BCUT2D eigenvalue weighted by atomic mass is 32.1. The van der Waals surface area contributed by atoms with Gasteiger partial charge in [0.25, 0.3) is 5.91 Å². The summed E-state index contributed by atoms with van der Waals surface area (Å²) in [5, 5.41) is 12.1. The van der Waals surface area contributed by atoms with E-state index in [0.29, 0.717) is 22.2 Å². The van der Waals surface area contributed by atoms with Crippen molar-refractivity contribution in [3.8, 4) is 11.5 Å². The second-order valence-corrected chi connectivity index (χ2v) is 6.64. The van der Waals surface area contributed by atoms with E-state index in [1.807, 2.05) is 13.8 Å². The molecule has 0 saturated heterocycles. The number of nitrogens with zero attached hydrogens (tertiary/aromatic N) is 2. The molecular formula is C18H16FN3O2S. The molecule has 0 fully saturated rings. The first-order chi connectivity index (χ1) is 12.0. The summed E-state index contributed by atoms with van der Waals surface area (Å²) in [6, 6.07) is 12.4. The van der Waals surface area contributed by atoms with Gasteiger partial charge in [-0.2, -0.15) is 0 Å². The van der Waals surface area contributed by atoms with Crippen LogP contribution in [-0.2, 0) is 0 Å². The SMILES string of the molecule is CC(C)c1nnc(NC(=O)c2ccc(Oc3ccc(F)cc3)cc2)s1. The molecule has 1 amide bonds. The fraction of sp³-hybridized carbons (Fsp3) is 0.167. The normalized spacial score (nSPS) is 10.7. The molecule has 128 valence electrons. The Bertz CT molecular complexity index is 861. The number of aromatic nitrogens is 2. The van der Waals surface area contributed by atoms with Crippen molar-refractivity contribution in [2.75, 3.05) is 5.32 Å². The molecule has 2 aromatic carbocycles. The first-order valence-electron chi connectivity index (χ1n) is 7.69. The maximum Gasteiger partial charge on any atom is 0.257 e. The van der Waals surface area contributed by atoms with Gasteiger partial charge in [-0.15, -0.1) is 10.2 Å². The number of anilines is 1. The lowest BCUT2D eigenvalue weighted by Gasteiger charge is -2.06. The fourth-order valence-corrected chi connectivity index (χ4v) is 2.74. The van der Waals surface area contributed by atoms with Gasteiger partial charge < -0.3 is 4.74 Å². The molecule has 1 aromatic heterocycles. The molecule has 0 atom stereocenters. The van der Waals surface area contributed by atoms with Crippen molar-refractivity contribution in [3.05, 3.63) is 64.9 Å². The zero-order valence-corrected chi connectivity index (χ0v) is 14.5. The summed E-state index contributed by atoms with van der Waals surface area (Å²) in [4.78, 5) is 12.2. The molecule has 0 aliphatic rings. The third kappa shape index (κ3) is 4.39. The Morgan fingerprint density at radius 2 is 1.64 bits per heavy atom. The van der Waals surface area contributed by atoms with Crippen LogP contribution in [0.25, 0.3) is 0 Å². The van der Waals surface area contributed by atoms with Gasteiger partial charge in [-0.25, -0.2) is 4.39 Å². The topological polar surface area (TPSA) is 64.1 Å². The molecule has 3 rings (SSSR count). The van der Waals surface area contributed by atoms with Crippen LogP contribution < -0.4 is 10.1 Å². The largest absolute Gasteiger partial charge is 0.457 e. The average Bonchev–Trinajstić information content (AvgIpc) is 3.06. The molecule has 0 saturated carbocycles. The number of benzene rings is 2. The Hall–Kier alpha value is -2.80. The van der Waals surface area contributed by atoms with E-state index in [1.165, 1.54) is 35.6 Å². The van der Waals surface area contributed by atoms with Crippen molar-refractivity contribution in [1.82, 2.24) is 10.2 Å². The summed E-state index contributed by atoms with van der Waals surface area (Å²) in [6.07, 6.45) is 0. The number of halogens is 1. The molecule has 0 aliphatic carbocycles. The maximum atomic E-state index is 12.9. The predicted octanol–water partition coefficient (Wildman–Crippen LogP) is 4.85. The standard InChI is InChI=1S/C18H16FN3O2S/c1-11(2)17-21-22-18(25-17)20-16(23)12-3-7-14(8-4-12)24-15-9-5-13(19)6-10-15/h3-11H,1-2H3,(H,20,22,23). The van der Waals surface area contributed by atoms with E-state index in [4.69, 9.17) is 4.74 Å². The molecule has 1 heterocycles. The van der Waals surface area contributed by atoms with Crippen LogP contribution in [0.3, 0.4) is 0 Å². The summed E-state index contributed by atoms with van der Waals surface area (Å²) in [6.45, 7) is 4.04. The second kappa shape index (κ2) is 7.40. The Balaban J connectivity index is 1.64. The number of carbonyl (C=O) groups excluding carboxylic acids is 1. The number of hydrogen-bond acceptors (Lipinski definition) is 5. The van der Waals surface area contributed by atoms with Crippen LogP contribution in [0.15, 0.2) is 48.5 Å². The van der Waals surface area contributed by atoms with E-state index in [0.717, 1.165) is 5.01 Å². The van der Waals surface area contributed by atoms with Crippen LogP contribution in [0.1, 0.15) is 35.1 Å². The molecule has 5 nitrogen and oxygen atoms in total. The average molecular weight is 357 g/mol. The van der Waals surface area contributed by atoms with Gasteiger partial charge >= 0.3 is 0 Å². The summed E-state index contributed by atoms with van der Waals surface area (Å²) >= 11 is 1.36. The molecule has 0 bridgehead atoms. The van der Waals surface area contributed by atoms with E-state index in [9.17, 15) is 9.18 Å². The minimum atomic E-state index is -0.323. The Labute approximate surface area is 148 Å². The highest BCUT2D eigenvalue weighted by Gasteiger charge is 2.12. The highest BCUT2D eigenvalue weighted by molar-refractivity contribution is 7.15. The molecular weight excluding hydrogens is 341 g/mol. The number of ether oxygens (including phenoxy) is 1. The van der Waals surface area contributed by atoms with Crippen LogP contribution in [0.4, 0.5) is 9.52 Å². The molecule has 0 aliphatic heterocycles. The predicted molar refractivity (Wildman–Crippen MR) is 94.9 cm³/mol. The van der Waals surface area contributed by atoms with Crippen molar-refractivity contribution in [1.29, 1.82) is 0 Å². The van der Waals surface area contributed by atoms with Gasteiger partial charge in [0.15, 0.2) is 0 Å². The van der Waals surface area contributed by atoms with Gasteiger partial charge in [0.1, 0.15) is 22.3 Å². The Morgan fingerprint density at radius 3 is 2.20 bits per heavy atom. The molecule has 0 unspecified atom stereocenters. The molecule has 3 aromatic rings. The van der Waals surface area contributed by atoms with E-state index < -0.39 is 0 Å². The summed E-state index contributed by atoms with van der Waals surface area (Å²) < 4.78 is 18.5. The second-order valence-electron chi connectivity index (χ2n) is 5.63. The first kappa shape index (κ1) is 17.0. The van der Waals surface area contributed by atoms with Crippen LogP contribution >= 0.6 is 11.3 Å². The molecule has 0 radical (unpaired) electrons. The molecule has 1 N–H and O–H groups in total. The van der Waals surface area contributed by atoms with E-state index in [-0.39, 0.29) is 17.6 Å². The number of carbonyl (C=O) groups is 1. The fourth-order valence-electron chi connectivity index (χ4n) is 2.00. The van der Waals surface area contributed by atoms with Gasteiger partial charge in [0.05, 0.1) is 0 Å². The smallest absolute Gasteiger partial charge is 0.257 e. The summed E-state index contributed by atoms with van der Waals surface area (Å²) in [5.74, 6) is 0.761. The third-order valence-electron chi connectivity index (χ3n) is 3.32. The quantitative estimate of drug-likeness (QED) is 0.709. The zero-order chi connectivity index (χ0) is 17.8. The highest BCUT2D eigenvalue weighted by Crippen LogP contribution is 2.24. The number of hydrogen-bond donors (Lipinski definition) is 1. The van der Waals surface area contributed by atoms with Crippen LogP contribution in [0, 0.1) is 5.82 Å². The van der Waals surface area contributed by atoms with Crippen molar-refractivity contribution in [3.63, 3.8) is 0 Å². The lowest BCUT2D eigenvalue weighted by molar-refractivity contribution is 0.102. The molecule has 25 heavy (non-hydrogen) atoms. The summed E-state index contributed by atoms with van der Waals surface area (Å²) in [5.41, 5.74) is 0.479. The van der Waals surface area contributed by atoms with Crippen LogP contribution in [-0.4, -0.2) is 16.1 Å². The van der Waals surface area contributed by atoms with E-state index in [1.54, 1.807) is 24.3 Å². The lowest BCUT2D eigenvalue weighted by Crippen LogP contribution is -2.11. The van der Waals surface area contributed by atoms with Crippen LogP contribution in [0.2, 0.25) is 0 Å². The number of rotatable bonds is 5. The number of nitrogens with one attached hydrogen (secondary N) is 1. The van der Waals surface area contributed by atoms with Crippen molar-refractivity contribution in [2.24, 2.45) is 0 Å². The summed E-state index contributed by atoms with van der Waals surface area (Å²) in [7, 11) is 0. The third-order valence-corrected chi connectivity index (χ3v) is 4.46. The van der Waals surface area contributed by atoms with Gasteiger partial charge in [0, 0.05) is 11.5 Å². The van der Waals surface area contributed by atoms with Gasteiger partial charge in [-0.05, 0) is 48.5 Å². The molecule has 7 heteroatoms. The van der Waals surface area contributed by atoms with Crippen molar-refractivity contribution < 1.29 is 13.9 Å². The van der Waals surface area contributed by atoms with Gasteiger partial charge in [0.2, 0.25) is 5.13 Å². The minimum absolute atomic E-state index is 0.264. The minimum Gasteiger partial charge on any atom is -0.457 e. The van der Waals surface area contributed by atoms with E-state index >= 15 is 0 Å². The van der Waals surface area contributed by atoms with Crippen molar-refractivity contribution >= 4 is 22.4 Å². The lowest BCUT2D eigenvalue weighted by atomic mass is 10.2. The van der Waals surface area contributed by atoms with E-state index in [2.05, 4.69) is 15.5 Å². The maximum absolute atomic E-state index is 12.9. The van der Waals surface area contributed by atoms with Gasteiger partial charge in [-0.1, -0.05) is 25.2 Å². The molecule has 0 spiro atoms. The Morgan fingerprint density at radius 1 is 1.04 bits per heavy atom. The Kier molecular flexibility index (Phi) is 5.04. The number of amides is 1. The van der Waals surface area contributed by atoms with Gasteiger partial charge in [-0.3, -0.25) is 10.1 Å². The first-order valence-corrected chi connectivity index (χ1v) is 8.51. The van der Waals surface area contributed by atoms with Crippen molar-refractivity contribution in [2.45, 2.75) is 19.8 Å². The monoisotopic (exact) mass is 357 g/mol. The van der Waals surface area contributed by atoms with Crippen LogP contribution in [0.5, 0.6) is 11.5 Å². The zero-order valence-electron chi connectivity index (χ0n) is 13.7.